The van der Waals surface area contributed by atoms with Crippen LogP contribution in [-0.4, -0.2) is 21.2 Å². The van der Waals surface area contributed by atoms with E-state index in [-0.39, 0.29) is 24.8 Å². The van der Waals surface area contributed by atoms with Crippen LogP contribution in [-0.2, 0) is 6.54 Å². The molecule has 1 aromatic rings. The largest absolute Gasteiger partial charge is 0.391 e. The number of alkyl halides is 3. The number of aromatic nitrogens is 3. The van der Waals surface area contributed by atoms with Crippen LogP contribution in [0.3, 0.4) is 0 Å². The first-order chi connectivity index (χ1) is 9.97. The monoisotopic (exact) mass is 305 g/mol. The Morgan fingerprint density at radius 3 is 2.86 bits per heavy atom. The maximum Gasteiger partial charge on any atom is 0.391 e. The van der Waals surface area contributed by atoms with Crippen LogP contribution in [0.1, 0.15) is 50.8 Å². The fraction of sp³-hybridized carbons (Fsp3) is 0.846. The normalized spacial score (nSPS) is 25.0. The van der Waals surface area contributed by atoms with E-state index >= 15 is 0 Å². The van der Waals surface area contributed by atoms with Gasteiger partial charge in [-0.15, -0.1) is 5.10 Å². The van der Waals surface area contributed by atoms with E-state index in [2.05, 4.69) is 15.7 Å². The van der Waals surface area contributed by atoms with Crippen molar-refractivity contribution in [1.29, 1.82) is 0 Å². The molecule has 3 atom stereocenters. The zero-order chi connectivity index (χ0) is 15.5. The van der Waals surface area contributed by atoms with Crippen LogP contribution in [0.5, 0.6) is 0 Å². The van der Waals surface area contributed by atoms with Crippen LogP contribution in [0, 0.1) is 11.8 Å². The minimum atomic E-state index is -4.13. The number of hydrogen-bond donors (Lipinski definition) is 2. The highest BCUT2D eigenvalue weighted by Gasteiger charge is 2.44. The molecule has 21 heavy (non-hydrogen) atoms. The molecule has 1 aliphatic rings. The topological polar surface area (TPSA) is 68.8 Å². The van der Waals surface area contributed by atoms with Gasteiger partial charge < -0.3 is 0 Å². The number of rotatable bonds is 5. The number of hydrazine groups is 1. The highest BCUT2D eigenvalue weighted by atomic mass is 19.4. The van der Waals surface area contributed by atoms with Crippen molar-refractivity contribution in [3.8, 4) is 0 Å². The maximum absolute atomic E-state index is 12.9. The molecule has 0 radical (unpaired) electrons. The van der Waals surface area contributed by atoms with Gasteiger partial charge in [0, 0.05) is 6.54 Å². The van der Waals surface area contributed by atoms with Crippen molar-refractivity contribution in [1.82, 2.24) is 20.4 Å². The Balaban J connectivity index is 2.15. The Morgan fingerprint density at radius 2 is 2.24 bits per heavy atom. The summed E-state index contributed by atoms with van der Waals surface area (Å²) in [6, 6.07) is -0.336. The maximum atomic E-state index is 12.9. The van der Waals surface area contributed by atoms with E-state index in [9.17, 15) is 13.2 Å². The lowest BCUT2D eigenvalue weighted by Gasteiger charge is -2.35. The summed E-state index contributed by atoms with van der Waals surface area (Å²) in [5, 5.41) is 7.85. The van der Waals surface area contributed by atoms with E-state index in [1.54, 1.807) is 10.9 Å². The molecule has 2 rings (SSSR count). The Morgan fingerprint density at radius 1 is 1.48 bits per heavy atom. The van der Waals surface area contributed by atoms with E-state index in [1.165, 1.54) is 0 Å². The van der Waals surface area contributed by atoms with Gasteiger partial charge in [0.2, 0.25) is 0 Å². The fourth-order valence-corrected chi connectivity index (χ4v) is 3.18. The molecule has 0 aliphatic heterocycles. The molecule has 3 unspecified atom stereocenters. The predicted molar refractivity (Wildman–Crippen MR) is 71.9 cm³/mol. The minimum Gasteiger partial charge on any atom is -0.271 e. The Kier molecular flexibility index (Phi) is 5.21. The van der Waals surface area contributed by atoms with Gasteiger partial charge in [0.1, 0.15) is 0 Å². The molecule has 0 spiro atoms. The Bertz CT molecular complexity index is 445. The highest BCUT2D eigenvalue weighted by Crippen LogP contribution is 2.43. The lowest BCUT2D eigenvalue weighted by atomic mass is 9.77. The number of halogens is 3. The van der Waals surface area contributed by atoms with Gasteiger partial charge in [-0.25, -0.2) is 4.68 Å². The third-order valence-corrected chi connectivity index (χ3v) is 4.23. The molecule has 0 amide bonds. The van der Waals surface area contributed by atoms with Crippen molar-refractivity contribution < 1.29 is 13.2 Å². The van der Waals surface area contributed by atoms with E-state index < -0.39 is 12.1 Å². The predicted octanol–water partition coefficient (Wildman–Crippen LogP) is 2.56. The van der Waals surface area contributed by atoms with Crippen LogP contribution in [0.4, 0.5) is 13.2 Å². The van der Waals surface area contributed by atoms with E-state index in [0.717, 1.165) is 18.5 Å². The van der Waals surface area contributed by atoms with E-state index in [4.69, 9.17) is 5.84 Å². The van der Waals surface area contributed by atoms with Gasteiger partial charge in [0.25, 0.3) is 0 Å². The quantitative estimate of drug-likeness (QED) is 0.648. The van der Waals surface area contributed by atoms with Crippen LogP contribution in [0.25, 0.3) is 0 Å². The molecule has 0 bridgehead atoms. The van der Waals surface area contributed by atoms with Crippen LogP contribution < -0.4 is 11.3 Å². The summed E-state index contributed by atoms with van der Waals surface area (Å²) in [5.41, 5.74) is 3.45. The average molecular weight is 305 g/mol. The molecule has 3 N–H and O–H groups in total. The smallest absolute Gasteiger partial charge is 0.271 e. The zero-order valence-electron chi connectivity index (χ0n) is 12.1. The average Bonchev–Trinajstić information content (AvgIpc) is 2.88. The van der Waals surface area contributed by atoms with Crippen molar-refractivity contribution in [2.24, 2.45) is 17.7 Å². The van der Waals surface area contributed by atoms with Crippen molar-refractivity contribution in [2.45, 2.75) is 57.8 Å². The summed E-state index contributed by atoms with van der Waals surface area (Å²) in [6.07, 6.45) is -0.0266. The van der Waals surface area contributed by atoms with Crippen LogP contribution in [0.2, 0.25) is 0 Å². The standard InChI is InChI=1S/C13H22F3N5/c1-2-6-21-11(8-18-20-21)12(19-17)9-4-3-5-10(7-9)13(14,15)16/h8-10,12,19H,2-7,17H2,1H3. The lowest BCUT2D eigenvalue weighted by molar-refractivity contribution is -0.186. The third kappa shape index (κ3) is 3.74. The number of nitrogens with zero attached hydrogens (tertiary/aromatic N) is 3. The first-order valence-corrected chi connectivity index (χ1v) is 7.38. The van der Waals surface area contributed by atoms with Gasteiger partial charge in [-0.05, 0) is 31.6 Å². The second-order valence-corrected chi connectivity index (χ2v) is 5.69. The summed E-state index contributed by atoms with van der Waals surface area (Å²) in [6.45, 7) is 2.69. The molecule has 1 heterocycles. The Hall–Kier alpha value is -1.15. The molecule has 0 saturated heterocycles. The number of hydrogen-bond acceptors (Lipinski definition) is 4. The molecule has 1 aliphatic carbocycles. The van der Waals surface area contributed by atoms with Gasteiger partial charge in [0.05, 0.1) is 23.9 Å². The molecular formula is C13H22F3N5. The number of aryl methyl sites for hydroxylation is 1. The van der Waals surface area contributed by atoms with Crippen LogP contribution in [0.15, 0.2) is 6.20 Å². The first-order valence-electron chi connectivity index (χ1n) is 7.38. The molecule has 8 heteroatoms. The minimum absolute atomic E-state index is 0.107. The van der Waals surface area contributed by atoms with Gasteiger partial charge >= 0.3 is 6.18 Å². The van der Waals surface area contributed by atoms with Crippen molar-refractivity contribution >= 4 is 0 Å². The summed E-state index contributed by atoms with van der Waals surface area (Å²) < 4.78 is 40.6. The molecule has 1 fully saturated rings. The van der Waals surface area contributed by atoms with Gasteiger partial charge in [0.15, 0.2) is 0 Å². The van der Waals surface area contributed by atoms with Crippen molar-refractivity contribution in [3.05, 3.63) is 11.9 Å². The molecule has 0 aromatic carbocycles. The second-order valence-electron chi connectivity index (χ2n) is 5.69. The number of nitrogens with two attached hydrogens (primary N) is 1. The van der Waals surface area contributed by atoms with Crippen molar-refractivity contribution in [2.75, 3.05) is 0 Å². The third-order valence-electron chi connectivity index (χ3n) is 4.23. The molecule has 120 valence electrons. The zero-order valence-corrected chi connectivity index (χ0v) is 12.1. The number of nitrogens with one attached hydrogen (secondary N) is 1. The van der Waals surface area contributed by atoms with E-state index in [1.807, 2.05) is 6.92 Å². The molecule has 1 aromatic heterocycles. The summed E-state index contributed by atoms with van der Waals surface area (Å²) >= 11 is 0. The highest BCUT2D eigenvalue weighted by molar-refractivity contribution is 5.05. The SMILES string of the molecule is CCCn1nncc1C(NN)C1CCCC(C(F)(F)F)C1. The first kappa shape index (κ1) is 16.2. The lowest BCUT2D eigenvalue weighted by Crippen LogP contribution is -2.39. The van der Waals surface area contributed by atoms with Crippen LogP contribution >= 0.6 is 0 Å². The summed E-state index contributed by atoms with van der Waals surface area (Å²) in [4.78, 5) is 0. The van der Waals surface area contributed by atoms with Gasteiger partial charge in [-0.1, -0.05) is 18.6 Å². The Labute approximate surface area is 122 Å². The van der Waals surface area contributed by atoms with Gasteiger partial charge in [-0.3, -0.25) is 11.3 Å². The van der Waals surface area contributed by atoms with Gasteiger partial charge in [-0.2, -0.15) is 13.2 Å². The second kappa shape index (κ2) is 6.74. The molecular weight excluding hydrogens is 283 g/mol. The molecule has 1 saturated carbocycles. The van der Waals surface area contributed by atoms with E-state index in [0.29, 0.717) is 13.0 Å². The molecule has 5 nitrogen and oxygen atoms in total. The summed E-state index contributed by atoms with van der Waals surface area (Å²) in [7, 11) is 0. The van der Waals surface area contributed by atoms with Crippen molar-refractivity contribution in [3.63, 3.8) is 0 Å². The fourth-order valence-electron chi connectivity index (χ4n) is 3.18. The summed E-state index contributed by atoms with van der Waals surface area (Å²) in [5.74, 6) is 4.23.